The van der Waals surface area contributed by atoms with Crippen LogP contribution in [0, 0.1) is 0 Å². The number of amides is 1. The summed E-state index contributed by atoms with van der Waals surface area (Å²) in [6.45, 7) is 2.24. The monoisotopic (exact) mass is 342 g/mol. The zero-order chi connectivity index (χ0) is 16.9. The van der Waals surface area contributed by atoms with Crippen LogP contribution in [0.1, 0.15) is 38.9 Å². The van der Waals surface area contributed by atoms with Crippen LogP contribution in [-0.2, 0) is 19.4 Å². The minimum atomic E-state index is -0.0944. The molecule has 0 unspecified atom stereocenters. The van der Waals surface area contributed by atoms with Crippen molar-refractivity contribution in [3.8, 4) is 0 Å². The van der Waals surface area contributed by atoms with Crippen molar-refractivity contribution in [3.63, 3.8) is 0 Å². The molecule has 7 heteroatoms. The molecule has 3 aromatic rings. The summed E-state index contributed by atoms with van der Waals surface area (Å²) in [5.74, 6) is 0.994. The largest absolute Gasteiger partial charge is 0.337 e. The lowest BCUT2D eigenvalue weighted by molar-refractivity contribution is 0.0774. The summed E-state index contributed by atoms with van der Waals surface area (Å²) in [7, 11) is 1.72. The number of hydrogen-bond donors (Lipinski definition) is 0. The Kier molecular flexibility index (Phi) is 5.00. The van der Waals surface area contributed by atoms with Crippen molar-refractivity contribution in [3.05, 3.63) is 63.7 Å². The smallest absolute Gasteiger partial charge is 0.265 e. The molecule has 0 radical (unpaired) electrons. The van der Waals surface area contributed by atoms with Crippen LogP contribution < -0.4 is 0 Å². The first-order chi connectivity index (χ1) is 11.7. The average Bonchev–Trinajstić information content (AvgIpc) is 3.24. The van der Waals surface area contributed by atoms with Crippen LogP contribution in [0.15, 0.2) is 41.1 Å². The fourth-order valence-corrected chi connectivity index (χ4v) is 3.17. The van der Waals surface area contributed by atoms with Gasteiger partial charge in [-0.1, -0.05) is 42.4 Å². The van der Waals surface area contributed by atoms with Crippen molar-refractivity contribution in [2.75, 3.05) is 7.05 Å². The second-order valence-corrected chi connectivity index (χ2v) is 6.51. The molecule has 0 saturated carbocycles. The van der Waals surface area contributed by atoms with Crippen molar-refractivity contribution in [1.82, 2.24) is 20.0 Å². The van der Waals surface area contributed by atoms with Crippen LogP contribution in [-0.4, -0.2) is 33.0 Å². The summed E-state index contributed by atoms with van der Waals surface area (Å²) in [5.41, 5.74) is 1.18. The molecule has 0 aliphatic rings. The molecule has 0 bridgehead atoms. The summed E-state index contributed by atoms with van der Waals surface area (Å²) in [6.07, 6.45) is 3.07. The number of carbonyl (C=O) groups excluding carboxylic acids is 1. The van der Waals surface area contributed by atoms with E-state index < -0.39 is 0 Å². The van der Waals surface area contributed by atoms with Crippen molar-refractivity contribution in [2.45, 2.75) is 26.3 Å². The highest BCUT2D eigenvalue weighted by Crippen LogP contribution is 2.19. The van der Waals surface area contributed by atoms with Crippen molar-refractivity contribution >= 4 is 17.2 Å². The van der Waals surface area contributed by atoms with Gasteiger partial charge in [0, 0.05) is 19.9 Å². The second kappa shape index (κ2) is 7.35. The van der Waals surface area contributed by atoms with Crippen LogP contribution in [0.25, 0.3) is 0 Å². The van der Waals surface area contributed by atoms with Crippen molar-refractivity contribution in [2.24, 2.45) is 0 Å². The summed E-state index contributed by atoms with van der Waals surface area (Å²) >= 11 is 1.42. The SMILES string of the molecule is CCc1noc(CN(C)C(=O)c2cnc(Cc3ccccc3)s2)n1. The highest BCUT2D eigenvalue weighted by Gasteiger charge is 2.18. The van der Waals surface area contributed by atoms with Crippen LogP contribution in [0.2, 0.25) is 0 Å². The predicted molar refractivity (Wildman–Crippen MR) is 90.8 cm³/mol. The average molecular weight is 342 g/mol. The molecule has 6 nitrogen and oxygen atoms in total. The molecule has 3 rings (SSSR count). The van der Waals surface area contributed by atoms with E-state index in [1.807, 2.05) is 25.1 Å². The predicted octanol–water partition coefficient (Wildman–Crippen LogP) is 2.95. The van der Waals surface area contributed by atoms with Gasteiger partial charge in [0.15, 0.2) is 5.82 Å². The van der Waals surface area contributed by atoms with Crippen LogP contribution in [0.5, 0.6) is 0 Å². The Morgan fingerprint density at radius 3 is 2.79 bits per heavy atom. The van der Waals surface area contributed by atoms with E-state index in [-0.39, 0.29) is 12.5 Å². The number of nitrogens with zero attached hydrogens (tertiary/aromatic N) is 4. The Labute approximate surface area is 144 Å². The molecule has 0 spiro atoms. The molecule has 0 aliphatic carbocycles. The van der Waals surface area contributed by atoms with Crippen molar-refractivity contribution in [1.29, 1.82) is 0 Å². The maximum atomic E-state index is 12.5. The lowest BCUT2D eigenvalue weighted by Gasteiger charge is -2.12. The lowest BCUT2D eigenvalue weighted by Crippen LogP contribution is -2.25. The fourth-order valence-electron chi connectivity index (χ4n) is 2.22. The number of thiazole rings is 1. The summed E-state index contributed by atoms with van der Waals surface area (Å²) in [6, 6.07) is 10.1. The van der Waals surface area contributed by atoms with Gasteiger partial charge in [-0.05, 0) is 5.56 Å². The first kappa shape index (κ1) is 16.3. The number of carbonyl (C=O) groups is 1. The minimum absolute atomic E-state index is 0.0944. The molecule has 0 atom stereocenters. The molecule has 2 heterocycles. The maximum Gasteiger partial charge on any atom is 0.265 e. The standard InChI is InChI=1S/C17H18N4O2S/c1-3-14-19-15(23-20-14)11-21(2)17(22)13-10-18-16(24-13)9-12-7-5-4-6-8-12/h4-8,10H,3,9,11H2,1-2H3. The third kappa shape index (κ3) is 3.86. The molecule has 2 aromatic heterocycles. The number of aromatic nitrogens is 3. The summed E-state index contributed by atoms with van der Waals surface area (Å²) < 4.78 is 5.13. The third-order valence-electron chi connectivity index (χ3n) is 3.51. The first-order valence-electron chi connectivity index (χ1n) is 7.71. The topological polar surface area (TPSA) is 72.1 Å². The zero-order valence-corrected chi connectivity index (χ0v) is 14.4. The third-order valence-corrected chi connectivity index (χ3v) is 4.49. The Balaban J connectivity index is 1.64. The van der Waals surface area contributed by atoms with Crippen LogP contribution in [0.3, 0.4) is 0 Å². The van der Waals surface area contributed by atoms with Gasteiger partial charge < -0.3 is 9.42 Å². The van der Waals surface area contributed by atoms with Crippen molar-refractivity contribution < 1.29 is 9.32 Å². The summed E-state index contributed by atoms with van der Waals surface area (Å²) in [5, 5.41) is 4.76. The number of aryl methyl sites for hydroxylation is 1. The van der Waals surface area contributed by atoms with E-state index in [1.54, 1.807) is 18.1 Å². The van der Waals surface area contributed by atoms with Gasteiger partial charge in [-0.3, -0.25) is 4.79 Å². The van der Waals surface area contributed by atoms with Gasteiger partial charge in [0.1, 0.15) is 11.4 Å². The summed E-state index contributed by atoms with van der Waals surface area (Å²) in [4.78, 5) is 23.3. The Bertz CT molecular complexity index is 813. The van der Waals surface area contributed by atoms with Gasteiger partial charge in [0.05, 0.1) is 11.2 Å². The van der Waals surface area contributed by atoms with Gasteiger partial charge in [-0.25, -0.2) is 4.98 Å². The Morgan fingerprint density at radius 1 is 1.29 bits per heavy atom. The molecule has 1 amide bonds. The molecule has 0 saturated heterocycles. The molecule has 124 valence electrons. The van der Waals surface area contributed by atoms with Crippen LogP contribution in [0.4, 0.5) is 0 Å². The molecule has 24 heavy (non-hydrogen) atoms. The molecule has 0 aliphatic heterocycles. The van der Waals surface area contributed by atoms with E-state index in [0.29, 0.717) is 23.0 Å². The second-order valence-electron chi connectivity index (χ2n) is 5.40. The number of hydrogen-bond acceptors (Lipinski definition) is 6. The first-order valence-corrected chi connectivity index (χ1v) is 8.53. The van der Waals surface area contributed by atoms with Crippen LogP contribution >= 0.6 is 11.3 Å². The van der Waals surface area contributed by atoms with E-state index in [2.05, 4.69) is 27.3 Å². The maximum absolute atomic E-state index is 12.5. The van der Waals surface area contributed by atoms with E-state index in [9.17, 15) is 4.79 Å². The fraction of sp³-hybridized carbons (Fsp3) is 0.294. The van der Waals surface area contributed by atoms with E-state index in [0.717, 1.165) is 11.4 Å². The Hall–Kier alpha value is -2.54. The highest BCUT2D eigenvalue weighted by atomic mass is 32.1. The van der Waals surface area contributed by atoms with Gasteiger partial charge in [-0.15, -0.1) is 11.3 Å². The van der Waals surface area contributed by atoms with E-state index in [1.165, 1.54) is 16.9 Å². The van der Waals surface area contributed by atoms with E-state index in [4.69, 9.17) is 4.52 Å². The molecule has 0 N–H and O–H groups in total. The molecule has 0 fully saturated rings. The molecular weight excluding hydrogens is 324 g/mol. The number of benzene rings is 1. The Morgan fingerprint density at radius 2 is 2.08 bits per heavy atom. The lowest BCUT2D eigenvalue weighted by atomic mass is 10.2. The highest BCUT2D eigenvalue weighted by molar-refractivity contribution is 7.13. The molecule has 1 aromatic carbocycles. The van der Waals surface area contributed by atoms with Gasteiger partial charge >= 0.3 is 0 Å². The zero-order valence-electron chi connectivity index (χ0n) is 13.6. The van der Waals surface area contributed by atoms with E-state index >= 15 is 0 Å². The normalized spacial score (nSPS) is 10.8. The number of rotatable bonds is 6. The van der Waals surface area contributed by atoms with Gasteiger partial charge in [0.2, 0.25) is 5.89 Å². The van der Waals surface area contributed by atoms with Gasteiger partial charge in [-0.2, -0.15) is 4.98 Å². The van der Waals surface area contributed by atoms with Gasteiger partial charge in [0.25, 0.3) is 5.91 Å². The minimum Gasteiger partial charge on any atom is -0.337 e. The molecular formula is C17H18N4O2S. The quantitative estimate of drug-likeness (QED) is 0.689.